The third kappa shape index (κ3) is 4.56. The summed E-state index contributed by atoms with van der Waals surface area (Å²) in [6, 6.07) is 3.04. The van der Waals surface area contributed by atoms with Crippen LogP contribution < -0.4 is 5.73 Å². The standard InChI is InChI=1S/C13H18Cl2N2O2/c1-8(2)19-5-4-17(3)13(18)9-6-10(14)12(16)11(15)7-9/h6-8H,4-5,16H2,1-3H3. The van der Waals surface area contributed by atoms with Crippen LogP contribution in [0.2, 0.25) is 10.0 Å². The van der Waals surface area contributed by atoms with E-state index in [4.69, 9.17) is 33.7 Å². The number of rotatable bonds is 5. The predicted molar refractivity (Wildman–Crippen MR) is 78.9 cm³/mol. The van der Waals surface area contributed by atoms with Crippen molar-refractivity contribution in [3.8, 4) is 0 Å². The fraction of sp³-hybridized carbons (Fsp3) is 0.462. The van der Waals surface area contributed by atoms with Gasteiger partial charge in [-0.2, -0.15) is 0 Å². The van der Waals surface area contributed by atoms with Gasteiger partial charge < -0.3 is 15.4 Å². The van der Waals surface area contributed by atoms with Crippen LogP contribution in [0, 0.1) is 0 Å². The quantitative estimate of drug-likeness (QED) is 0.851. The zero-order valence-corrected chi connectivity index (χ0v) is 12.8. The first-order chi connectivity index (χ1) is 8.82. The number of nitrogen functional groups attached to an aromatic ring is 1. The highest BCUT2D eigenvalue weighted by Crippen LogP contribution is 2.29. The van der Waals surface area contributed by atoms with Crippen molar-refractivity contribution in [3.63, 3.8) is 0 Å². The number of benzene rings is 1. The Kier molecular flexibility index (Phi) is 5.91. The molecule has 0 fully saturated rings. The van der Waals surface area contributed by atoms with Gasteiger partial charge in [0.15, 0.2) is 0 Å². The minimum atomic E-state index is -0.170. The van der Waals surface area contributed by atoms with Crippen LogP contribution in [-0.2, 0) is 4.74 Å². The van der Waals surface area contributed by atoms with Gasteiger partial charge in [-0.1, -0.05) is 23.2 Å². The van der Waals surface area contributed by atoms with Crippen LogP contribution in [-0.4, -0.2) is 37.1 Å². The Balaban J connectivity index is 2.72. The van der Waals surface area contributed by atoms with E-state index in [0.717, 1.165) is 0 Å². The maximum Gasteiger partial charge on any atom is 0.253 e. The molecule has 2 N–H and O–H groups in total. The van der Waals surface area contributed by atoms with Crippen LogP contribution in [0.25, 0.3) is 0 Å². The summed E-state index contributed by atoms with van der Waals surface area (Å²) >= 11 is 11.8. The fourth-order valence-electron chi connectivity index (χ4n) is 1.46. The first-order valence-electron chi connectivity index (χ1n) is 5.94. The highest BCUT2D eigenvalue weighted by Gasteiger charge is 2.15. The number of carbonyl (C=O) groups excluding carboxylic acids is 1. The smallest absolute Gasteiger partial charge is 0.253 e. The lowest BCUT2D eigenvalue weighted by atomic mass is 10.2. The molecule has 0 radical (unpaired) electrons. The Morgan fingerprint density at radius 1 is 1.37 bits per heavy atom. The van der Waals surface area contributed by atoms with Crippen molar-refractivity contribution >= 4 is 34.8 Å². The summed E-state index contributed by atoms with van der Waals surface area (Å²) in [6.07, 6.45) is 0.143. The number of likely N-dealkylation sites (N-methyl/N-ethyl adjacent to an activating group) is 1. The van der Waals surface area contributed by atoms with Gasteiger partial charge in [-0.25, -0.2) is 0 Å². The maximum atomic E-state index is 12.1. The number of amides is 1. The van der Waals surface area contributed by atoms with Crippen molar-refractivity contribution < 1.29 is 9.53 Å². The molecular weight excluding hydrogens is 287 g/mol. The number of carbonyl (C=O) groups is 1. The van der Waals surface area contributed by atoms with Gasteiger partial charge in [0, 0.05) is 19.2 Å². The Labute approximate surface area is 123 Å². The number of hydrogen-bond acceptors (Lipinski definition) is 3. The van der Waals surface area contributed by atoms with Crippen molar-refractivity contribution in [2.75, 3.05) is 25.9 Å². The summed E-state index contributed by atoms with van der Waals surface area (Å²) in [5.41, 5.74) is 6.33. The lowest BCUT2D eigenvalue weighted by Gasteiger charge is -2.18. The second kappa shape index (κ2) is 6.98. The van der Waals surface area contributed by atoms with E-state index in [2.05, 4.69) is 0 Å². The molecule has 4 nitrogen and oxygen atoms in total. The molecule has 106 valence electrons. The summed E-state index contributed by atoms with van der Waals surface area (Å²) in [6.45, 7) is 4.87. The number of anilines is 1. The number of hydrogen-bond donors (Lipinski definition) is 1. The van der Waals surface area contributed by atoms with Crippen LogP contribution >= 0.6 is 23.2 Å². The Hall–Kier alpha value is -0.970. The maximum absolute atomic E-state index is 12.1. The van der Waals surface area contributed by atoms with Crippen molar-refractivity contribution in [2.45, 2.75) is 20.0 Å². The van der Waals surface area contributed by atoms with Crippen molar-refractivity contribution in [1.29, 1.82) is 0 Å². The van der Waals surface area contributed by atoms with Gasteiger partial charge in [0.1, 0.15) is 0 Å². The van der Waals surface area contributed by atoms with Crippen LogP contribution in [0.4, 0.5) is 5.69 Å². The molecule has 0 aliphatic carbocycles. The molecule has 0 bridgehead atoms. The topological polar surface area (TPSA) is 55.6 Å². The predicted octanol–water partition coefficient (Wildman–Crippen LogP) is 3.07. The van der Waals surface area contributed by atoms with E-state index >= 15 is 0 Å². The SMILES string of the molecule is CC(C)OCCN(C)C(=O)c1cc(Cl)c(N)c(Cl)c1. The van der Waals surface area contributed by atoms with E-state index in [1.807, 2.05) is 13.8 Å². The molecule has 0 aliphatic rings. The second-order valence-corrected chi connectivity index (χ2v) is 5.31. The van der Waals surface area contributed by atoms with E-state index < -0.39 is 0 Å². The molecule has 0 spiro atoms. The van der Waals surface area contributed by atoms with Crippen LogP contribution in [0.5, 0.6) is 0 Å². The minimum Gasteiger partial charge on any atom is -0.396 e. The lowest BCUT2D eigenvalue weighted by molar-refractivity contribution is 0.0532. The summed E-state index contributed by atoms with van der Waals surface area (Å²) in [5.74, 6) is -0.170. The van der Waals surface area contributed by atoms with E-state index in [1.165, 1.54) is 12.1 Å². The number of ether oxygens (including phenoxy) is 1. The molecule has 1 aromatic carbocycles. The highest BCUT2D eigenvalue weighted by molar-refractivity contribution is 6.39. The number of nitrogens with two attached hydrogens (primary N) is 1. The van der Waals surface area contributed by atoms with Crippen LogP contribution in [0.3, 0.4) is 0 Å². The zero-order chi connectivity index (χ0) is 14.6. The lowest BCUT2D eigenvalue weighted by Crippen LogP contribution is -2.30. The van der Waals surface area contributed by atoms with E-state index in [1.54, 1.807) is 11.9 Å². The molecule has 19 heavy (non-hydrogen) atoms. The molecule has 0 heterocycles. The Morgan fingerprint density at radius 3 is 2.37 bits per heavy atom. The molecule has 0 unspecified atom stereocenters. The van der Waals surface area contributed by atoms with Crippen molar-refractivity contribution in [2.24, 2.45) is 0 Å². The van der Waals surface area contributed by atoms with Gasteiger partial charge in [0.05, 0.1) is 28.4 Å². The summed E-state index contributed by atoms with van der Waals surface area (Å²) in [7, 11) is 1.70. The molecule has 0 saturated heterocycles. The van der Waals surface area contributed by atoms with Gasteiger partial charge in [-0.05, 0) is 26.0 Å². The van der Waals surface area contributed by atoms with Gasteiger partial charge in [-0.15, -0.1) is 0 Å². The molecule has 0 aromatic heterocycles. The second-order valence-electron chi connectivity index (χ2n) is 4.50. The molecule has 1 rings (SSSR count). The average molecular weight is 305 g/mol. The molecule has 0 aliphatic heterocycles. The Bertz CT molecular complexity index is 441. The minimum absolute atomic E-state index is 0.143. The molecule has 0 saturated carbocycles. The third-order valence-electron chi connectivity index (χ3n) is 2.55. The first kappa shape index (κ1) is 16.1. The molecular formula is C13H18Cl2N2O2. The van der Waals surface area contributed by atoms with Gasteiger partial charge in [0.25, 0.3) is 5.91 Å². The summed E-state index contributed by atoms with van der Waals surface area (Å²) in [5, 5.41) is 0.561. The molecule has 6 heteroatoms. The monoisotopic (exact) mass is 304 g/mol. The largest absolute Gasteiger partial charge is 0.396 e. The normalized spacial score (nSPS) is 10.8. The van der Waals surface area contributed by atoms with E-state index in [-0.39, 0.29) is 27.7 Å². The first-order valence-corrected chi connectivity index (χ1v) is 6.70. The number of halogens is 2. The zero-order valence-electron chi connectivity index (χ0n) is 11.2. The van der Waals surface area contributed by atoms with Crippen LogP contribution in [0.15, 0.2) is 12.1 Å². The highest BCUT2D eigenvalue weighted by atomic mass is 35.5. The summed E-state index contributed by atoms with van der Waals surface area (Å²) in [4.78, 5) is 13.7. The van der Waals surface area contributed by atoms with Crippen molar-refractivity contribution in [1.82, 2.24) is 4.90 Å². The average Bonchev–Trinajstić information content (AvgIpc) is 2.33. The van der Waals surface area contributed by atoms with E-state index in [9.17, 15) is 4.79 Å². The summed E-state index contributed by atoms with van der Waals surface area (Å²) < 4.78 is 5.40. The fourth-order valence-corrected chi connectivity index (χ4v) is 1.94. The third-order valence-corrected chi connectivity index (χ3v) is 3.18. The van der Waals surface area contributed by atoms with Crippen molar-refractivity contribution in [3.05, 3.63) is 27.7 Å². The molecule has 1 aromatic rings. The van der Waals surface area contributed by atoms with Gasteiger partial charge in [-0.3, -0.25) is 4.79 Å². The Morgan fingerprint density at radius 2 is 1.89 bits per heavy atom. The van der Waals surface area contributed by atoms with Crippen LogP contribution in [0.1, 0.15) is 24.2 Å². The van der Waals surface area contributed by atoms with E-state index in [0.29, 0.717) is 18.7 Å². The van der Waals surface area contributed by atoms with Gasteiger partial charge in [0.2, 0.25) is 0 Å². The molecule has 0 atom stereocenters. The van der Waals surface area contributed by atoms with Gasteiger partial charge >= 0.3 is 0 Å². The molecule has 1 amide bonds. The number of nitrogens with zero attached hydrogens (tertiary/aromatic N) is 1.